The van der Waals surface area contributed by atoms with E-state index in [0.29, 0.717) is 11.4 Å². The molecular formula is C7H5N3OS. The van der Waals surface area contributed by atoms with Crippen LogP contribution in [0.2, 0.25) is 0 Å². The minimum atomic E-state index is -0.205. The van der Waals surface area contributed by atoms with Crippen molar-refractivity contribution < 1.29 is 0 Å². The molecule has 2 aromatic rings. The lowest BCUT2D eigenvalue weighted by molar-refractivity contribution is 1.13. The molecule has 4 nitrogen and oxygen atoms in total. The van der Waals surface area contributed by atoms with E-state index in [1.807, 2.05) is 0 Å². The van der Waals surface area contributed by atoms with E-state index < -0.39 is 0 Å². The fourth-order valence-corrected chi connectivity index (χ4v) is 1.40. The standard InChI is InChI=1S/C7H5N3OS/c11-7-6(8-1-2-9-7)5-3-12-4-10-5/h1-4H,(H,9,11). The van der Waals surface area contributed by atoms with Crippen molar-refractivity contribution >= 4 is 11.3 Å². The second kappa shape index (κ2) is 2.86. The van der Waals surface area contributed by atoms with Gasteiger partial charge in [0.15, 0.2) is 5.69 Å². The van der Waals surface area contributed by atoms with Crippen LogP contribution < -0.4 is 5.56 Å². The highest BCUT2D eigenvalue weighted by Gasteiger charge is 2.04. The number of nitrogens with one attached hydrogen (secondary N) is 1. The summed E-state index contributed by atoms with van der Waals surface area (Å²) in [7, 11) is 0. The number of hydrogen-bond acceptors (Lipinski definition) is 4. The third-order valence-electron chi connectivity index (χ3n) is 1.38. The number of H-pyrrole nitrogens is 1. The molecule has 12 heavy (non-hydrogen) atoms. The Morgan fingerprint density at radius 3 is 3.00 bits per heavy atom. The maximum atomic E-state index is 11.2. The molecule has 0 aliphatic heterocycles. The largest absolute Gasteiger partial charge is 0.326 e. The number of thiazole rings is 1. The maximum Gasteiger partial charge on any atom is 0.276 e. The molecule has 2 heterocycles. The van der Waals surface area contributed by atoms with Gasteiger partial charge in [-0.25, -0.2) is 9.97 Å². The van der Waals surface area contributed by atoms with E-state index in [2.05, 4.69) is 15.0 Å². The van der Waals surface area contributed by atoms with Crippen molar-refractivity contribution in [2.45, 2.75) is 0 Å². The molecule has 0 unspecified atom stereocenters. The van der Waals surface area contributed by atoms with Gasteiger partial charge in [-0.05, 0) is 0 Å². The molecule has 0 saturated carbocycles. The molecule has 0 saturated heterocycles. The Hall–Kier alpha value is -1.49. The molecule has 0 atom stereocenters. The first-order valence-electron chi connectivity index (χ1n) is 3.30. The summed E-state index contributed by atoms with van der Waals surface area (Å²) in [5.74, 6) is 0. The number of nitrogens with zero attached hydrogens (tertiary/aromatic N) is 2. The van der Waals surface area contributed by atoms with Gasteiger partial charge in [-0.1, -0.05) is 0 Å². The Kier molecular flexibility index (Phi) is 1.71. The topological polar surface area (TPSA) is 58.6 Å². The second-order valence-electron chi connectivity index (χ2n) is 2.14. The van der Waals surface area contributed by atoms with Gasteiger partial charge < -0.3 is 4.98 Å². The summed E-state index contributed by atoms with van der Waals surface area (Å²) in [6.07, 6.45) is 3.04. The van der Waals surface area contributed by atoms with Gasteiger partial charge in [-0.3, -0.25) is 4.79 Å². The van der Waals surface area contributed by atoms with Crippen LogP contribution in [-0.2, 0) is 0 Å². The van der Waals surface area contributed by atoms with Gasteiger partial charge in [0.2, 0.25) is 0 Å². The summed E-state index contributed by atoms with van der Waals surface area (Å²) in [6.45, 7) is 0. The summed E-state index contributed by atoms with van der Waals surface area (Å²) in [4.78, 5) is 21.6. The van der Waals surface area contributed by atoms with Crippen molar-refractivity contribution in [3.8, 4) is 11.4 Å². The normalized spacial score (nSPS) is 10.0. The summed E-state index contributed by atoms with van der Waals surface area (Å²) in [6, 6.07) is 0. The van der Waals surface area contributed by atoms with Crippen LogP contribution in [0.5, 0.6) is 0 Å². The quantitative estimate of drug-likeness (QED) is 0.707. The van der Waals surface area contributed by atoms with Gasteiger partial charge in [-0.2, -0.15) is 0 Å². The average Bonchev–Trinajstić information content (AvgIpc) is 2.57. The predicted octanol–water partition coefficient (Wildman–Crippen LogP) is 0.893. The number of rotatable bonds is 1. The first kappa shape index (κ1) is 7.17. The van der Waals surface area contributed by atoms with Crippen molar-refractivity contribution in [3.63, 3.8) is 0 Å². The number of aromatic nitrogens is 3. The van der Waals surface area contributed by atoms with E-state index in [-0.39, 0.29) is 5.56 Å². The molecule has 2 rings (SSSR count). The average molecular weight is 179 g/mol. The summed E-state index contributed by atoms with van der Waals surface area (Å²) in [5, 5.41) is 1.79. The van der Waals surface area contributed by atoms with E-state index in [1.165, 1.54) is 23.7 Å². The van der Waals surface area contributed by atoms with Gasteiger partial charge in [0.25, 0.3) is 5.56 Å². The zero-order chi connectivity index (χ0) is 8.39. The fraction of sp³-hybridized carbons (Fsp3) is 0. The monoisotopic (exact) mass is 179 g/mol. The lowest BCUT2D eigenvalue weighted by Crippen LogP contribution is -2.09. The lowest BCUT2D eigenvalue weighted by Gasteiger charge is -1.90. The highest BCUT2D eigenvalue weighted by atomic mass is 32.1. The third-order valence-corrected chi connectivity index (χ3v) is 1.97. The minimum absolute atomic E-state index is 0.205. The molecule has 0 aliphatic rings. The smallest absolute Gasteiger partial charge is 0.276 e. The van der Waals surface area contributed by atoms with Crippen LogP contribution >= 0.6 is 11.3 Å². The summed E-state index contributed by atoms with van der Waals surface area (Å²) >= 11 is 1.44. The summed E-state index contributed by atoms with van der Waals surface area (Å²) in [5.41, 5.74) is 2.47. The highest BCUT2D eigenvalue weighted by molar-refractivity contribution is 7.07. The van der Waals surface area contributed by atoms with E-state index in [1.54, 1.807) is 10.9 Å². The van der Waals surface area contributed by atoms with Crippen LogP contribution in [0.1, 0.15) is 0 Å². The van der Waals surface area contributed by atoms with Crippen LogP contribution in [0.3, 0.4) is 0 Å². The number of aromatic amines is 1. The molecule has 0 aromatic carbocycles. The molecule has 60 valence electrons. The van der Waals surface area contributed by atoms with E-state index >= 15 is 0 Å². The van der Waals surface area contributed by atoms with E-state index in [0.717, 1.165) is 0 Å². The molecule has 1 N–H and O–H groups in total. The molecular weight excluding hydrogens is 174 g/mol. The predicted molar refractivity (Wildman–Crippen MR) is 46.0 cm³/mol. The van der Waals surface area contributed by atoms with Gasteiger partial charge >= 0.3 is 0 Å². The fourth-order valence-electron chi connectivity index (χ4n) is 0.864. The van der Waals surface area contributed by atoms with Crippen LogP contribution in [0.15, 0.2) is 28.1 Å². The van der Waals surface area contributed by atoms with Gasteiger partial charge in [-0.15, -0.1) is 11.3 Å². The Balaban J connectivity index is 2.63. The first-order chi connectivity index (χ1) is 5.88. The molecule has 0 spiro atoms. The molecule has 2 aromatic heterocycles. The van der Waals surface area contributed by atoms with Crippen molar-refractivity contribution in [1.29, 1.82) is 0 Å². The van der Waals surface area contributed by atoms with Gasteiger partial charge in [0.05, 0.1) is 5.51 Å². The highest BCUT2D eigenvalue weighted by Crippen LogP contribution is 2.10. The Morgan fingerprint density at radius 2 is 2.33 bits per heavy atom. The zero-order valence-electron chi connectivity index (χ0n) is 6.02. The van der Waals surface area contributed by atoms with Crippen molar-refractivity contribution in [1.82, 2.24) is 15.0 Å². The third kappa shape index (κ3) is 1.14. The first-order valence-corrected chi connectivity index (χ1v) is 4.24. The number of hydrogen-bond donors (Lipinski definition) is 1. The zero-order valence-corrected chi connectivity index (χ0v) is 6.84. The van der Waals surface area contributed by atoms with Gasteiger partial charge in [0.1, 0.15) is 5.69 Å². The van der Waals surface area contributed by atoms with Crippen LogP contribution in [0.4, 0.5) is 0 Å². The molecule has 0 fully saturated rings. The Morgan fingerprint density at radius 1 is 1.42 bits per heavy atom. The van der Waals surface area contributed by atoms with E-state index in [9.17, 15) is 4.79 Å². The molecule has 0 bridgehead atoms. The Labute approximate surface area is 71.9 Å². The van der Waals surface area contributed by atoms with Crippen LogP contribution in [0.25, 0.3) is 11.4 Å². The SMILES string of the molecule is O=c1[nH]ccnc1-c1cscn1. The molecule has 5 heteroatoms. The maximum absolute atomic E-state index is 11.2. The van der Waals surface area contributed by atoms with Crippen molar-refractivity contribution in [3.05, 3.63) is 33.6 Å². The van der Waals surface area contributed by atoms with Crippen molar-refractivity contribution in [2.75, 3.05) is 0 Å². The van der Waals surface area contributed by atoms with Gasteiger partial charge in [0, 0.05) is 17.8 Å². The lowest BCUT2D eigenvalue weighted by atomic mass is 10.3. The minimum Gasteiger partial charge on any atom is -0.326 e. The molecule has 0 aliphatic carbocycles. The van der Waals surface area contributed by atoms with E-state index in [4.69, 9.17) is 0 Å². The summed E-state index contributed by atoms with van der Waals surface area (Å²) < 4.78 is 0. The van der Waals surface area contributed by atoms with Crippen LogP contribution in [-0.4, -0.2) is 15.0 Å². The van der Waals surface area contributed by atoms with Crippen molar-refractivity contribution in [2.24, 2.45) is 0 Å². The molecule has 0 radical (unpaired) electrons. The van der Waals surface area contributed by atoms with Crippen LogP contribution in [0, 0.1) is 0 Å². The second-order valence-corrected chi connectivity index (χ2v) is 2.86. The molecule has 0 amide bonds. The Bertz CT molecular complexity index is 420.